The number of hydrogen-bond acceptors (Lipinski definition) is 6. The second-order valence-corrected chi connectivity index (χ2v) is 15.4. The van der Waals surface area contributed by atoms with Gasteiger partial charge < -0.3 is 19.6 Å². The van der Waals surface area contributed by atoms with E-state index in [0.29, 0.717) is 26.0 Å². The molecule has 0 saturated carbocycles. The Hall–Kier alpha value is -1.80. The van der Waals surface area contributed by atoms with E-state index in [4.69, 9.17) is 4.74 Å². The SMILES string of the molecule is C=CCCCOC(=O)[C@@H]1[C@@H]2CCC3(S2)C(C(=O)N(CC=C)C(C)(C)CC(C)(C)C)N([C@@H](CO)[C@@H](C)CC)C(=O)[C@H]13. The van der Waals surface area contributed by atoms with Crippen LogP contribution in [-0.4, -0.2) is 80.1 Å². The number of rotatable bonds is 14. The zero-order chi connectivity index (χ0) is 30.0. The first-order valence-corrected chi connectivity index (χ1v) is 15.9. The van der Waals surface area contributed by atoms with Crippen LogP contribution >= 0.6 is 11.8 Å². The maximum atomic E-state index is 14.9. The van der Waals surface area contributed by atoms with Crippen LogP contribution in [-0.2, 0) is 19.1 Å². The Morgan fingerprint density at radius 1 is 1.25 bits per heavy atom. The lowest BCUT2D eigenvalue weighted by Gasteiger charge is -2.47. The molecular weight excluding hydrogens is 524 g/mol. The van der Waals surface area contributed by atoms with Crippen molar-refractivity contribution >= 4 is 29.5 Å². The lowest BCUT2D eigenvalue weighted by molar-refractivity contribution is -0.155. The summed E-state index contributed by atoms with van der Waals surface area (Å²) in [5.74, 6) is -1.86. The molecule has 226 valence electrons. The molecule has 3 aliphatic heterocycles. The van der Waals surface area contributed by atoms with Crippen LogP contribution in [0.3, 0.4) is 0 Å². The summed E-state index contributed by atoms with van der Waals surface area (Å²) >= 11 is 1.65. The Kier molecular flexibility index (Phi) is 10.3. The molecular formula is C32H52N2O5S. The number of nitrogens with zero attached hydrogens (tertiary/aromatic N) is 2. The van der Waals surface area contributed by atoms with Crippen molar-refractivity contribution in [3.8, 4) is 0 Å². The number of fused-ring (bicyclic) bond motifs is 1. The number of likely N-dealkylation sites (tertiary alicyclic amines) is 1. The first-order valence-electron chi connectivity index (χ1n) is 15.0. The van der Waals surface area contributed by atoms with Gasteiger partial charge in [-0.15, -0.1) is 24.9 Å². The summed E-state index contributed by atoms with van der Waals surface area (Å²) in [7, 11) is 0. The van der Waals surface area contributed by atoms with Crippen LogP contribution < -0.4 is 0 Å². The Morgan fingerprint density at radius 2 is 1.93 bits per heavy atom. The van der Waals surface area contributed by atoms with Gasteiger partial charge in [-0.1, -0.05) is 53.2 Å². The topological polar surface area (TPSA) is 87.2 Å². The first kappa shape index (κ1) is 32.7. The van der Waals surface area contributed by atoms with Gasteiger partial charge in [0.15, 0.2) is 0 Å². The zero-order valence-corrected chi connectivity index (χ0v) is 26.6. The molecule has 3 saturated heterocycles. The van der Waals surface area contributed by atoms with Crippen LogP contribution in [0, 0.1) is 23.2 Å². The van der Waals surface area contributed by atoms with E-state index in [-0.39, 0.29) is 41.0 Å². The number of aliphatic hydroxyl groups excluding tert-OH is 1. The van der Waals surface area contributed by atoms with Crippen LogP contribution in [0.25, 0.3) is 0 Å². The minimum atomic E-state index is -0.760. The number of aliphatic hydroxyl groups is 1. The maximum absolute atomic E-state index is 14.9. The Morgan fingerprint density at radius 3 is 2.48 bits per heavy atom. The first-order chi connectivity index (χ1) is 18.7. The van der Waals surface area contributed by atoms with Crippen molar-refractivity contribution < 1.29 is 24.2 Å². The molecule has 1 N–H and O–H groups in total. The van der Waals surface area contributed by atoms with E-state index in [1.165, 1.54) is 0 Å². The molecule has 3 fully saturated rings. The van der Waals surface area contributed by atoms with E-state index in [9.17, 15) is 19.5 Å². The quantitative estimate of drug-likeness (QED) is 0.173. The molecule has 0 aromatic heterocycles. The average Bonchev–Trinajstić information content (AvgIpc) is 3.51. The lowest BCUT2D eigenvalue weighted by Crippen LogP contribution is -2.62. The molecule has 2 unspecified atom stereocenters. The van der Waals surface area contributed by atoms with E-state index in [1.54, 1.807) is 28.8 Å². The molecule has 0 aromatic rings. The average molecular weight is 577 g/mol. The molecule has 3 heterocycles. The number of esters is 1. The molecule has 2 amide bonds. The highest BCUT2D eigenvalue weighted by Gasteiger charge is 2.75. The molecule has 3 rings (SSSR count). The van der Waals surface area contributed by atoms with Crippen molar-refractivity contribution in [2.75, 3.05) is 19.8 Å². The predicted molar refractivity (Wildman–Crippen MR) is 162 cm³/mol. The molecule has 1 spiro atoms. The number of unbranched alkanes of at least 4 members (excludes halogenated alkanes) is 1. The zero-order valence-electron chi connectivity index (χ0n) is 25.8. The van der Waals surface area contributed by atoms with E-state index in [2.05, 4.69) is 47.8 Å². The van der Waals surface area contributed by atoms with Gasteiger partial charge in [0.25, 0.3) is 0 Å². The lowest BCUT2D eigenvalue weighted by atomic mass is 9.71. The Labute approximate surface area is 246 Å². The number of amides is 2. The highest BCUT2D eigenvalue weighted by Crippen LogP contribution is 2.67. The van der Waals surface area contributed by atoms with Gasteiger partial charge >= 0.3 is 5.97 Å². The summed E-state index contributed by atoms with van der Waals surface area (Å²) in [5, 5.41) is 10.5. The van der Waals surface area contributed by atoms with E-state index >= 15 is 0 Å². The fourth-order valence-corrected chi connectivity index (χ4v) is 9.80. The van der Waals surface area contributed by atoms with Crippen molar-refractivity contribution in [3.05, 3.63) is 25.3 Å². The summed E-state index contributed by atoms with van der Waals surface area (Å²) in [6, 6.07) is -1.27. The normalized spacial score (nSPS) is 29.2. The Bertz CT molecular complexity index is 975. The summed E-state index contributed by atoms with van der Waals surface area (Å²) in [4.78, 5) is 46.3. The molecule has 0 radical (unpaired) electrons. The smallest absolute Gasteiger partial charge is 0.310 e. The van der Waals surface area contributed by atoms with Gasteiger partial charge in [0.1, 0.15) is 6.04 Å². The number of hydrogen-bond donors (Lipinski definition) is 1. The van der Waals surface area contributed by atoms with Gasteiger partial charge in [-0.05, 0) is 57.3 Å². The number of ether oxygens (including phenoxy) is 1. The van der Waals surface area contributed by atoms with Gasteiger partial charge in [0, 0.05) is 17.3 Å². The fraction of sp³-hybridized carbons (Fsp3) is 0.781. The predicted octanol–water partition coefficient (Wildman–Crippen LogP) is 5.22. The number of thioether (sulfide) groups is 1. The van der Waals surface area contributed by atoms with Gasteiger partial charge in [-0.25, -0.2) is 0 Å². The van der Waals surface area contributed by atoms with Gasteiger partial charge in [0.2, 0.25) is 11.8 Å². The van der Waals surface area contributed by atoms with Gasteiger partial charge in [0.05, 0.1) is 35.8 Å². The van der Waals surface area contributed by atoms with Gasteiger partial charge in [-0.2, -0.15) is 0 Å². The van der Waals surface area contributed by atoms with E-state index in [1.807, 2.05) is 18.7 Å². The molecule has 40 heavy (non-hydrogen) atoms. The van der Waals surface area contributed by atoms with Crippen LogP contribution in [0.5, 0.6) is 0 Å². The maximum Gasteiger partial charge on any atom is 0.310 e. The molecule has 8 heteroatoms. The monoisotopic (exact) mass is 576 g/mol. The highest BCUT2D eigenvalue weighted by atomic mass is 32.2. The largest absolute Gasteiger partial charge is 0.465 e. The summed E-state index contributed by atoms with van der Waals surface area (Å²) < 4.78 is 4.97. The third-order valence-electron chi connectivity index (χ3n) is 9.16. The van der Waals surface area contributed by atoms with Crippen molar-refractivity contribution in [3.63, 3.8) is 0 Å². The van der Waals surface area contributed by atoms with Crippen LogP contribution in [0.2, 0.25) is 0 Å². The van der Waals surface area contributed by atoms with Crippen molar-refractivity contribution in [1.82, 2.24) is 9.80 Å². The highest BCUT2D eigenvalue weighted by molar-refractivity contribution is 8.02. The van der Waals surface area contributed by atoms with Crippen LogP contribution in [0.4, 0.5) is 0 Å². The summed E-state index contributed by atoms with van der Waals surface area (Å²) in [6.45, 7) is 22.8. The number of allylic oxidation sites excluding steroid dienone is 1. The molecule has 7 atom stereocenters. The summed E-state index contributed by atoms with van der Waals surface area (Å²) in [6.07, 6.45) is 7.96. The summed E-state index contributed by atoms with van der Waals surface area (Å²) in [5.41, 5.74) is -0.524. The third-order valence-corrected chi connectivity index (χ3v) is 11.1. The van der Waals surface area contributed by atoms with E-state index in [0.717, 1.165) is 25.7 Å². The second-order valence-electron chi connectivity index (χ2n) is 13.8. The molecule has 3 aliphatic rings. The van der Waals surface area contributed by atoms with Crippen LogP contribution in [0.1, 0.15) is 87.0 Å². The number of carbonyl (C=O) groups excluding carboxylic acids is 3. The molecule has 0 aromatic carbocycles. The molecule has 0 aliphatic carbocycles. The van der Waals surface area contributed by atoms with E-state index < -0.39 is 34.2 Å². The molecule has 7 nitrogen and oxygen atoms in total. The van der Waals surface area contributed by atoms with Gasteiger partial charge in [-0.3, -0.25) is 14.4 Å². The van der Waals surface area contributed by atoms with Crippen molar-refractivity contribution in [1.29, 1.82) is 0 Å². The number of carbonyl (C=O) groups is 3. The Balaban J connectivity index is 2.09. The van der Waals surface area contributed by atoms with Crippen LogP contribution in [0.15, 0.2) is 25.3 Å². The molecule has 2 bridgehead atoms. The van der Waals surface area contributed by atoms with Crippen molar-refractivity contribution in [2.45, 2.75) is 115 Å². The minimum Gasteiger partial charge on any atom is -0.465 e. The standard InChI is InChI=1S/C32H52N2O5S/c1-10-13-14-18-39-29(38)24-23-15-16-32(40-23)25(24)27(36)34(22(19-35)21(4)12-3)26(32)28(37)33(17-11-2)31(8,9)20-30(5,6)7/h10-11,21-26,35H,1-2,12-20H2,3-9H3/t21-,22-,23-,24+,25-,26?,32?/m0/s1. The third kappa shape index (κ3) is 6.04. The minimum absolute atomic E-state index is 0.0126. The van der Waals surface area contributed by atoms with Crippen molar-refractivity contribution in [2.24, 2.45) is 23.2 Å². The fourth-order valence-electron chi connectivity index (χ4n) is 7.61. The second kappa shape index (κ2) is 12.6.